The minimum absolute atomic E-state index is 0.0156. The van der Waals surface area contributed by atoms with Gasteiger partial charge in [0.2, 0.25) is 5.91 Å². The molecule has 2 heterocycles. The summed E-state index contributed by atoms with van der Waals surface area (Å²) in [5.41, 5.74) is 6.03. The van der Waals surface area contributed by atoms with Crippen molar-refractivity contribution in [3.63, 3.8) is 0 Å². The number of rotatable bonds is 3. The zero-order valence-electron chi connectivity index (χ0n) is 14.0. The first-order valence-electron chi connectivity index (χ1n) is 8.50. The molecule has 0 radical (unpaired) electrons. The molecule has 2 amide bonds. The first-order valence-corrected chi connectivity index (χ1v) is 8.50. The highest BCUT2D eigenvalue weighted by molar-refractivity contribution is 5.91. The molecule has 1 saturated carbocycles. The van der Waals surface area contributed by atoms with E-state index in [0.29, 0.717) is 38.4 Å². The molecule has 24 heavy (non-hydrogen) atoms. The van der Waals surface area contributed by atoms with E-state index >= 15 is 0 Å². The number of piperazine rings is 1. The Balaban J connectivity index is 1.53. The second kappa shape index (κ2) is 7.36. The average molecular weight is 335 g/mol. The van der Waals surface area contributed by atoms with Crippen LogP contribution in [0.4, 0.5) is 0 Å². The first kappa shape index (κ1) is 17.0. The Kier molecular flexibility index (Phi) is 5.20. The maximum Gasteiger partial charge on any atom is 0.289 e. The van der Waals surface area contributed by atoms with Crippen LogP contribution in [0.1, 0.15) is 29.8 Å². The molecule has 2 aliphatic rings. The minimum atomic E-state index is -0.116. The van der Waals surface area contributed by atoms with Gasteiger partial charge in [0, 0.05) is 45.2 Å². The summed E-state index contributed by atoms with van der Waals surface area (Å²) < 4.78 is 10.6. The van der Waals surface area contributed by atoms with Crippen molar-refractivity contribution in [1.29, 1.82) is 0 Å². The lowest BCUT2D eigenvalue weighted by Gasteiger charge is -2.39. The summed E-state index contributed by atoms with van der Waals surface area (Å²) in [5, 5.41) is 0. The van der Waals surface area contributed by atoms with Crippen LogP contribution in [-0.4, -0.2) is 67.0 Å². The summed E-state index contributed by atoms with van der Waals surface area (Å²) in [7, 11) is 1.65. The van der Waals surface area contributed by atoms with E-state index in [9.17, 15) is 9.59 Å². The SMILES string of the molecule is CO[C@H]1C[C@@H](C(=O)N2CCN(C(=O)c3ccco3)CC2)CC[C@@H]1N. The van der Waals surface area contributed by atoms with Gasteiger partial charge >= 0.3 is 0 Å². The smallest absolute Gasteiger partial charge is 0.289 e. The van der Waals surface area contributed by atoms with Crippen LogP contribution in [0.3, 0.4) is 0 Å². The summed E-state index contributed by atoms with van der Waals surface area (Å²) in [5.74, 6) is 0.366. The van der Waals surface area contributed by atoms with Crippen molar-refractivity contribution in [2.45, 2.75) is 31.4 Å². The molecule has 132 valence electrons. The van der Waals surface area contributed by atoms with Crippen molar-refractivity contribution in [1.82, 2.24) is 9.80 Å². The number of furan rings is 1. The Bertz CT molecular complexity index is 566. The molecule has 1 saturated heterocycles. The number of ether oxygens (including phenoxy) is 1. The molecular formula is C17H25N3O4. The Hall–Kier alpha value is -1.86. The maximum absolute atomic E-state index is 12.7. The van der Waals surface area contributed by atoms with E-state index in [0.717, 1.165) is 12.8 Å². The molecule has 3 atom stereocenters. The summed E-state index contributed by atoms with van der Waals surface area (Å²) in [6.07, 6.45) is 3.75. The van der Waals surface area contributed by atoms with Crippen molar-refractivity contribution >= 4 is 11.8 Å². The van der Waals surface area contributed by atoms with Crippen LogP contribution >= 0.6 is 0 Å². The average Bonchev–Trinajstić information content (AvgIpc) is 3.16. The molecule has 7 nitrogen and oxygen atoms in total. The van der Waals surface area contributed by atoms with Gasteiger partial charge in [0.1, 0.15) is 0 Å². The standard InChI is InChI=1S/C17H25N3O4/c1-23-15-11-12(4-5-13(15)18)16(21)19-6-8-20(9-7-19)17(22)14-3-2-10-24-14/h2-3,10,12-13,15H,4-9,11,18H2,1H3/t12-,13-,15-/m0/s1. The zero-order chi connectivity index (χ0) is 17.1. The van der Waals surface area contributed by atoms with Gasteiger partial charge in [-0.2, -0.15) is 0 Å². The molecule has 0 bridgehead atoms. The van der Waals surface area contributed by atoms with Crippen molar-refractivity contribution in [3.8, 4) is 0 Å². The van der Waals surface area contributed by atoms with Crippen LogP contribution in [0.15, 0.2) is 22.8 Å². The van der Waals surface area contributed by atoms with Crippen LogP contribution in [0.25, 0.3) is 0 Å². The third-order valence-corrected chi connectivity index (χ3v) is 5.11. The van der Waals surface area contributed by atoms with Gasteiger partial charge in [0.15, 0.2) is 5.76 Å². The predicted molar refractivity (Wildman–Crippen MR) is 87.3 cm³/mol. The molecule has 0 unspecified atom stereocenters. The highest BCUT2D eigenvalue weighted by Gasteiger charge is 2.35. The van der Waals surface area contributed by atoms with Crippen molar-refractivity contribution < 1.29 is 18.7 Å². The Labute approximate surface area is 141 Å². The van der Waals surface area contributed by atoms with Gasteiger partial charge in [-0.3, -0.25) is 9.59 Å². The molecule has 2 fully saturated rings. The Morgan fingerprint density at radius 1 is 1.21 bits per heavy atom. The number of amides is 2. The van der Waals surface area contributed by atoms with E-state index in [-0.39, 0.29) is 29.9 Å². The largest absolute Gasteiger partial charge is 0.459 e. The van der Waals surface area contributed by atoms with Gasteiger partial charge in [-0.15, -0.1) is 0 Å². The summed E-state index contributed by atoms with van der Waals surface area (Å²) in [6.45, 7) is 2.19. The maximum atomic E-state index is 12.7. The van der Waals surface area contributed by atoms with Gasteiger partial charge in [0.25, 0.3) is 5.91 Å². The lowest BCUT2D eigenvalue weighted by molar-refractivity contribution is -0.140. The van der Waals surface area contributed by atoms with Crippen molar-refractivity contribution in [2.75, 3.05) is 33.3 Å². The van der Waals surface area contributed by atoms with Crippen LogP contribution in [0.5, 0.6) is 0 Å². The lowest BCUT2D eigenvalue weighted by Crippen LogP contribution is -2.53. The van der Waals surface area contributed by atoms with E-state index in [1.54, 1.807) is 24.1 Å². The topological polar surface area (TPSA) is 89.0 Å². The quantitative estimate of drug-likeness (QED) is 0.878. The second-order valence-corrected chi connectivity index (χ2v) is 6.54. The molecule has 7 heteroatoms. The number of hydrogen-bond acceptors (Lipinski definition) is 5. The fraction of sp³-hybridized carbons (Fsp3) is 0.647. The summed E-state index contributed by atoms with van der Waals surface area (Å²) in [4.78, 5) is 28.6. The third-order valence-electron chi connectivity index (χ3n) is 5.11. The Morgan fingerprint density at radius 2 is 1.92 bits per heavy atom. The van der Waals surface area contributed by atoms with Gasteiger partial charge in [-0.25, -0.2) is 0 Å². The third kappa shape index (κ3) is 3.47. The molecule has 0 aromatic carbocycles. The van der Waals surface area contributed by atoms with E-state index < -0.39 is 0 Å². The second-order valence-electron chi connectivity index (χ2n) is 6.54. The van der Waals surface area contributed by atoms with Crippen LogP contribution < -0.4 is 5.73 Å². The monoisotopic (exact) mass is 335 g/mol. The fourth-order valence-electron chi connectivity index (χ4n) is 3.59. The van der Waals surface area contributed by atoms with Gasteiger partial charge in [-0.05, 0) is 31.4 Å². The minimum Gasteiger partial charge on any atom is -0.459 e. The number of carbonyl (C=O) groups excluding carboxylic acids is 2. The van der Waals surface area contributed by atoms with Gasteiger partial charge in [-0.1, -0.05) is 0 Å². The number of methoxy groups -OCH3 is 1. The number of nitrogens with two attached hydrogens (primary N) is 1. The molecular weight excluding hydrogens is 310 g/mol. The first-order chi connectivity index (χ1) is 11.6. The molecule has 1 aliphatic heterocycles. The van der Waals surface area contributed by atoms with Gasteiger partial charge in [0.05, 0.1) is 12.4 Å². The van der Waals surface area contributed by atoms with Crippen LogP contribution in [-0.2, 0) is 9.53 Å². The number of nitrogens with zero attached hydrogens (tertiary/aromatic N) is 2. The highest BCUT2D eigenvalue weighted by Crippen LogP contribution is 2.27. The molecule has 1 aromatic rings. The molecule has 3 rings (SSSR count). The van der Waals surface area contributed by atoms with Crippen LogP contribution in [0, 0.1) is 5.92 Å². The zero-order valence-corrected chi connectivity index (χ0v) is 14.0. The van der Waals surface area contributed by atoms with Crippen molar-refractivity contribution in [2.24, 2.45) is 11.7 Å². The highest BCUT2D eigenvalue weighted by atomic mass is 16.5. The van der Waals surface area contributed by atoms with Crippen LogP contribution in [0.2, 0.25) is 0 Å². The van der Waals surface area contributed by atoms with E-state index in [2.05, 4.69) is 0 Å². The lowest BCUT2D eigenvalue weighted by atomic mass is 9.83. The predicted octanol–water partition coefficient (Wildman–Crippen LogP) is 0.706. The number of hydrogen-bond donors (Lipinski definition) is 1. The van der Waals surface area contributed by atoms with Gasteiger partial charge < -0.3 is 24.7 Å². The van der Waals surface area contributed by atoms with E-state index in [1.807, 2.05) is 4.90 Å². The van der Waals surface area contributed by atoms with E-state index in [4.69, 9.17) is 14.9 Å². The normalized spacial score (nSPS) is 28.0. The fourth-order valence-corrected chi connectivity index (χ4v) is 3.59. The number of carbonyl (C=O) groups is 2. The molecule has 1 aliphatic carbocycles. The van der Waals surface area contributed by atoms with Crippen molar-refractivity contribution in [3.05, 3.63) is 24.2 Å². The molecule has 0 spiro atoms. The molecule has 2 N–H and O–H groups in total. The molecule has 1 aromatic heterocycles. The van der Waals surface area contributed by atoms with E-state index in [1.165, 1.54) is 6.26 Å². The summed E-state index contributed by atoms with van der Waals surface area (Å²) >= 11 is 0. The Morgan fingerprint density at radius 3 is 2.54 bits per heavy atom. The summed E-state index contributed by atoms with van der Waals surface area (Å²) in [6, 6.07) is 3.38.